The fourth-order valence-corrected chi connectivity index (χ4v) is 3.50. The minimum absolute atomic E-state index is 0.244. The Morgan fingerprint density at radius 2 is 1.71 bits per heavy atom. The quantitative estimate of drug-likeness (QED) is 0.670. The predicted octanol–water partition coefficient (Wildman–Crippen LogP) is 5.63. The van der Waals surface area contributed by atoms with Crippen molar-refractivity contribution in [2.45, 2.75) is 64.7 Å². The highest BCUT2D eigenvalue weighted by molar-refractivity contribution is 7.80. The third-order valence-corrected chi connectivity index (χ3v) is 5.99. The van der Waals surface area contributed by atoms with Crippen molar-refractivity contribution >= 4 is 12.6 Å². The van der Waals surface area contributed by atoms with E-state index in [1.54, 1.807) is 0 Å². The van der Waals surface area contributed by atoms with Crippen molar-refractivity contribution < 1.29 is 4.74 Å². The molecule has 1 aliphatic rings. The highest BCUT2D eigenvalue weighted by Gasteiger charge is 2.31. The average molecular weight is 307 g/mol. The second-order valence-corrected chi connectivity index (χ2v) is 7.59. The summed E-state index contributed by atoms with van der Waals surface area (Å²) in [4.78, 5) is 0. The van der Waals surface area contributed by atoms with Crippen LogP contribution < -0.4 is 4.74 Å². The van der Waals surface area contributed by atoms with E-state index in [0.717, 1.165) is 24.5 Å². The van der Waals surface area contributed by atoms with Crippen LogP contribution in [0.2, 0.25) is 0 Å². The van der Waals surface area contributed by atoms with Crippen molar-refractivity contribution in [1.29, 1.82) is 0 Å². The molecule has 118 valence electrons. The smallest absolute Gasteiger partial charge is 0.119 e. The fraction of sp³-hybridized carbons (Fsp3) is 0.684. The summed E-state index contributed by atoms with van der Waals surface area (Å²) in [6, 6.07) is 8.68. The summed E-state index contributed by atoms with van der Waals surface area (Å²) < 4.78 is 6.09. The molecule has 0 atom stereocenters. The Labute approximate surface area is 135 Å². The Kier molecular flexibility index (Phi) is 5.65. The first-order valence-electron chi connectivity index (χ1n) is 8.36. The molecule has 1 fully saturated rings. The number of hydrogen-bond donors (Lipinski definition) is 1. The first-order chi connectivity index (χ1) is 10.0. The van der Waals surface area contributed by atoms with E-state index in [2.05, 4.69) is 57.7 Å². The van der Waals surface area contributed by atoms with Crippen LogP contribution in [0.25, 0.3) is 0 Å². The molecule has 0 spiro atoms. The summed E-state index contributed by atoms with van der Waals surface area (Å²) in [5, 5.41) is 0. The van der Waals surface area contributed by atoms with E-state index in [-0.39, 0.29) is 5.41 Å². The zero-order chi connectivity index (χ0) is 15.3. The van der Waals surface area contributed by atoms with Gasteiger partial charge in [-0.3, -0.25) is 0 Å². The van der Waals surface area contributed by atoms with E-state index in [1.165, 1.54) is 37.7 Å². The third kappa shape index (κ3) is 4.18. The lowest BCUT2D eigenvalue weighted by Gasteiger charge is -2.35. The number of thiol groups is 1. The van der Waals surface area contributed by atoms with Gasteiger partial charge >= 0.3 is 0 Å². The lowest BCUT2D eigenvalue weighted by molar-refractivity contribution is 0.121. The van der Waals surface area contributed by atoms with Crippen molar-refractivity contribution in [3.8, 4) is 5.75 Å². The standard InChI is InChI=1S/C19H30OS/c1-4-18(2,3)16-8-10-17(11-9-16)20-14-19(15-21)12-6-5-7-13-19/h8-11,21H,4-7,12-15H2,1-3H3. The van der Waals surface area contributed by atoms with Crippen molar-refractivity contribution in [3.05, 3.63) is 29.8 Å². The van der Waals surface area contributed by atoms with Gasteiger partial charge in [-0.25, -0.2) is 0 Å². The summed E-state index contributed by atoms with van der Waals surface area (Å²) in [6.45, 7) is 7.64. The molecule has 1 aromatic carbocycles. The fourth-order valence-electron chi connectivity index (χ4n) is 3.09. The van der Waals surface area contributed by atoms with Gasteiger partial charge in [0.15, 0.2) is 0 Å². The van der Waals surface area contributed by atoms with Crippen LogP contribution in [0.1, 0.15) is 64.9 Å². The first-order valence-corrected chi connectivity index (χ1v) is 8.99. The maximum Gasteiger partial charge on any atom is 0.119 e. The van der Waals surface area contributed by atoms with Crippen LogP contribution in [0.3, 0.4) is 0 Å². The summed E-state index contributed by atoms with van der Waals surface area (Å²) >= 11 is 4.58. The molecule has 1 nitrogen and oxygen atoms in total. The van der Waals surface area contributed by atoms with Gasteiger partial charge in [-0.15, -0.1) is 0 Å². The Balaban J connectivity index is 1.97. The molecule has 0 saturated heterocycles. The van der Waals surface area contributed by atoms with Crippen LogP contribution in [-0.2, 0) is 5.41 Å². The maximum absolute atomic E-state index is 6.09. The van der Waals surface area contributed by atoms with Crippen LogP contribution in [0, 0.1) is 5.41 Å². The molecule has 0 heterocycles. The van der Waals surface area contributed by atoms with Gasteiger partial charge in [-0.1, -0.05) is 52.2 Å². The van der Waals surface area contributed by atoms with Crippen molar-refractivity contribution in [2.24, 2.45) is 5.41 Å². The van der Waals surface area contributed by atoms with E-state index >= 15 is 0 Å². The normalized spacial score (nSPS) is 18.5. The first kappa shape index (κ1) is 16.7. The van der Waals surface area contributed by atoms with Gasteiger partial charge in [0.05, 0.1) is 6.61 Å². The van der Waals surface area contributed by atoms with Crippen LogP contribution >= 0.6 is 12.6 Å². The van der Waals surface area contributed by atoms with E-state index < -0.39 is 0 Å². The van der Waals surface area contributed by atoms with Gasteiger partial charge in [0.1, 0.15) is 5.75 Å². The average Bonchev–Trinajstić information content (AvgIpc) is 2.54. The SMILES string of the molecule is CCC(C)(C)c1ccc(OCC2(CS)CCCCC2)cc1. The van der Waals surface area contributed by atoms with E-state index in [0.29, 0.717) is 5.41 Å². The molecule has 21 heavy (non-hydrogen) atoms. The Bertz CT molecular complexity index is 429. The minimum atomic E-state index is 0.244. The van der Waals surface area contributed by atoms with Crippen LogP contribution in [0.5, 0.6) is 5.75 Å². The Hall–Kier alpha value is -0.630. The Morgan fingerprint density at radius 1 is 1.10 bits per heavy atom. The molecule has 0 radical (unpaired) electrons. The van der Waals surface area contributed by atoms with Gasteiger partial charge in [0.2, 0.25) is 0 Å². The summed E-state index contributed by atoms with van der Waals surface area (Å²) in [7, 11) is 0. The zero-order valence-corrected chi connectivity index (χ0v) is 14.7. The Morgan fingerprint density at radius 3 is 2.24 bits per heavy atom. The number of hydrogen-bond acceptors (Lipinski definition) is 2. The molecule has 2 heteroatoms. The molecular weight excluding hydrogens is 276 g/mol. The molecule has 0 amide bonds. The van der Waals surface area contributed by atoms with E-state index in [9.17, 15) is 0 Å². The van der Waals surface area contributed by atoms with Gasteiger partial charge in [0, 0.05) is 5.41 Å². The van der Waals surface area contributed by atoms with E-state index in [4.69, 9.17) is 4.74 Å². The van der Waals surface area contributed by atoms with Gasteiger partial charge in [0.25, 0.3) is 0 Å². The summed E-state index contributed by atoms with van der Waals surface area (Å²) in [5.74, 6) is 1.94. The molecule has 0 aromatic heterocycles. The van der Waals surface area contributed by atoms with E-state index in [1.807, 2.05) is 0 Å². The zero-order valence-electron chi connectivity index (χ0n) is 13.8. The molecule has 0 aliphatic heterocycles. The molecule has 1 aromatic rings. The largest absolute Gasteiger partial charge is 0.493 e. The van der Waals surface area contributed by atoms with Crippen LogP contribution in [0.15, 0.2) is 24.3 Å². The maximum atomic E-state index is 6.09. The molecule has 1 saturated carbocycles. The second-order valence-electron chi connectivity index (χ2n) is 7.27. The summed E-state index contributed by atoms with van der Waals surface area (Å²) in [6.07, 6.45) is 7.70. The lowest BCUT2D eigenvalue weighted by Crippen LogP contribution is -2.33. The van der Waals surface area contributed by atoms with Gasteiger partial charge in [-0.2, -0.15) is 12.6 Å². The number of ether oxygens (including phenoxy) is 1. The van der Waals surface area contributed by atoms with Crippen LogP contribution in [0.4, 0.5) is 0 Å². The molecule has 1 aliphatic carbocycles. The van der Waals surface area contributed by atoms with Crippen molar-refractivity contribution in [2.75, 3.05) is 12.4 Å². The predicted molar refractivity (Wildman–Crippen MR) is 94.6 cm³/mol. The third-order valence-electron chi connectivity index (χ3n) is 5.31. The number of rotatable bonds is 6. The minimum Gasteiger partial charge on any atom is -0.493 e. The van der Waals surface area contributed by atoms with Crippen molar-refractivity contribution in [3.63, 3.8) is 0 Å². The lowest BCUT2D eigenvalue weighted by atomic mass is 9.76. The topological polar surface area (TPSA) is 9.23 Å². The number of benzene rings is 1. The molecule has 0 unspecified atom stereocenters. The van der Waals surface area contributed by atoms with Gasteiger partial charge < -0.3 is 4.74 Å². The highest BCUT2D eigenvalue weighted by atomic mass is 32.1. The van der Waals surface area contributed by atoms with Gasteiger partial charge in [-0.05, 0) is 48.1 Å². The second kappa shape index (κ2) is 7.09. The van der Waals surface area contributed by atoms with Crippen molar-refractivity contribution in [1.82, 2.24) is 0 Å². The summed E-state index contributed by atoms with van der Waals surface area (Å²) in [5.41, 5.74) is 1.93. The van der Waals surface area contributed by atoms with Crippen LogP contribution in [-0.4, -0.2) is 12.4 Å². The molecule has 0 bridgehead atoms. The molecular formula is C19H30OS. The molecule has 2 rings (SSSR count). The monoisotopic (exact) mass is 306 g/mol. The highest BCUT2D eigenvalue weighted by Crippen LogP contribution is 2.38. The molecule has 0 N–H and O–H groups in total.